The molecule has 3 heterocycles. The first-order valence-electron chi connectivity index (χ1n) is 11.8. The first-order chi connectivity index (χ1) is 18.6. The van der Waals surface area contributed by atoms with Crippen LogP contribution < -0.4 is 16.1 Å². The number of H-pyrrole nitrogens is 1. The third-order valence-corrected chi connectivity index (χ3v) is 6.10. The quantitative estimate of drug-likeness (QED) is 0.165. The summed E-state index contributed by atoms with van der Waals surface area (Å²) in [5, 5.41) is 8.28. The summed E-state index contributed by atoms with van der Waals surface area (Å²) in [6, 6.07) is -1.03. The number of ether oxygens (including phenoxy) is 2. The van der Waals surface area contributed by atoms with E-state index in [-0.39, 0.29) is 35.9 Å². The van der Waals surface area contributed by atoms with Gasteiger partial charge in [0.25, 0.3) is 5.56 Å². The molecule has 21 heteroatoms. The number of likely N-dealkylation sites (N-methyl/N-ethyl adjacent to an activating group) is 1. The van der Waals surface area contributed by atoms with Gasteiger partial charge in [-0.05, 0) is 15.9 Å². The second-order valence-corrected chi connectivity index (χ2v) is 12.1. The van der Waals surface area contributed by atoms with Crippen LogP contribution in [0.3, 0.4) is 0 Å². The van der Waals surface area contributed by atoms with Crippen LogP contribution in [0.1, 0.15) is 24.6 Å². The van der Waals surface area contributed by atoms with Crippen LogP contribution >= 0.6 is 23.7 Å². The predicted molar refractivity (Wildman–Crippen MR) is 136 cm³/mol. The van der Waals surface area contributed by atoms with Gasteiger partial charge >= 0.3 is 44.6 Å². The Bertz CT molecular complexity index is 1340. The van der Waals surface area contributed by atoms with E-state index in [0.29, 0.717) is 25.3 Å². The number of methoxy groups -OCH3 is 1. The van der Waals surface area contributed by atoms with Crippen molar-refractivity contribution in [1.82, 2.24) is 29.4 Å². The van der Waals surface area contributed by atoms with Crippen LogP contribution in [0.2, 0.25) is 0 Å². The summed E-state index contributed by atoms with van der Waals surface area (Å²) in [7, 11) is -5.30. The molecule has 2 atom stereocenters. The Morgan fingerprint density at radius 3 is 2.39 bits per heavy atom. The van der Waals surface area contributed by atoms with Crippen molar-refractivity contribution in [2.75, 3.05) is 40.9 Å². The van der Waals surface area contributed by atoms with E-state index in [9.17, 15) is 44.4 Å². The molecule has 234 valence electrons. The van der Waals surface area contributed by atoms with Crippen LogP contribution in [0.25, 0.3) is 0 Å². The molecule has 1 fully saturated rings. The molecular formula is C20H29BrF6N7O6P. The number of halogens is 7. The molecule has 13 nitrogen and oxygen atoms in total. The molecule has 0 bridgehead atoms. The summed E-state index contributed by atoms with van der Waals surface area (Å²) in [6.45, 7) is 2.08. The molecule has 0 saturated carbocycles. The Morgan fingerprint density at radius 2 is 1.80 bits per heavy atom. The minimum atomic E-state index is -10.7. The summed E-state index contributed by atoms with van der Waals surface area (Å²) in [6.07, 6.45) is 3.38. The number of aromatic nitrogens is 5. The van der Waals surface area contributed by atoms with Gasteiger partial charge in [0.05, 0.1) is 51.1 Å². The predicted octanol–water partition coefficient (Wildman–Crippen LogP) is 1.34. The third kappa shape index (κ3) is 12.7. The first-order valence-corrected chi connectivity index (χ1v) is 14.7. The Hall–Kier alpha value is -2.83. The minimum absolute atomic E-state index is 0.0388. The van der Waals surface area contributed by atoms with E-state index in [1.165, 1.54) is 27.7 Å². The molecule has 0 aromatic carbocycles. The second-order valence-electron chi connectivity index (χ2n) is 9.31. The van der Waals surface area contributed by atoms with E-state index in [1.807, 2.05) is 14.1 Å². The van der Waals surface area contributed by atoms with Gasteiger partial charge in [0.15, 0.2) is 0 Å². The number of quaternary nitrogens is 1. The summed E-state index contributed by atoms with van der Waals surface area (Å²) < 4.78 is 72.8. The first kappa shape index (κ1) is 34.4. The van der Waals surface area contributed by atoms with E-state index in [0.717, 1.165) is 6.54 Å². The normalized spacial score (nSPS) is 18.9. The SMILES string of the molecule is COC(=O)[C@@H]1C[C@@H](n2cc(COCC[NH+](C)C)nn2)CN1C(=O)CCn1cc(Br)c(=O)[nH]c1=O.F[P-](F)(F)(F)(F)F. The molecule has 0 aliphatic carbocycles. The van der Waals surface area contributed by atoms with Crippen LogP contribution in [0, 0.1) is 0 Å². The average molecular weight is 688 g/mol. The van der Waals surface area contributed by atoms with E-state index in [1.54, 1.807) is 10.9 Å². The van der Waals surface area contributed by atoms with Crippen molar-refractivity contribution in [1.29, 1.82) is 0 Å². The fraction of sp³-hybridized carbons (Fsp3) is 0.600. The number of aryl methyl sites for hydroxylation is 1. The Balaban J connectivity index is 0.000000745. The number of nitrogens with one attached hydrogen (secondary N) is 2. The van der Waals surface area contributed by atoms with Gasteiger partial charge in [0, 0.05) is 32.1 Å². The Labute approximate surface area is 236 Å². The number of likely N-dealkylation sites (tertiary alicyclic amines) is 1. The van der Waals surface area contributed by atoms with Crippen LogP contribution in [0.5, 0.6) is 0 Å². The molecule has 3 rings (SSSR count). The van der Waals surface area contributed by atoms with Gasteiger partial charge in [-0.15, -0.1) is 5.10 Å². The molecule has 1 aliphatic rings. The molecule has 1 aliphatic heterocycles. The standard InChI is InChI=1S/C20H28BrN7O6.F6P/c1-25(2)6-7-34-12-13-9-28(24-23-13)14-8-16(19(31)33-3)27(10-14)17(29)4-5-26-11-15(21)18(30)22-20(26)32;1-7(2,3,4,5)6/h9,11,14,16H,4-8,10,12H2,1-3H3,(H,22,30,32);/q;-1/p+1/t14-,16+;/m1./s1. The van der Waals surface area contributed by atoms with Gasteiger partial charge in [-0.2, -0.15) is 0 Å². The van der Waals surface area contributed by atoms with E-state index < -0.39 is 31.1 Å². The molecule has 0 radical (unpaired) electrons. The van der Waals surface area contributed by atoms with Gasteiger partial charge in [-0.1, -0.05) is 5.21 Å². The molecular weight excluding hydrogens is 659 g/mol. The second kappa shape index (κ2) is 12.6. The van der Waals surface area contributed by atoms with Crippen molar-refractivity contribution < 1.29 is 49.1 Å². The molecule has 0 spiro atoms. The topological polar surface area (TPSA) is 146 Å². The maximum atomic E-state index is 13.0. The molecule has 2 N–H and O–H groups in total. The monoisotopic (exact) mass is 687 g/mol. The van der Waals surface area contributed by atoms with Crippen molar-refractivity contribution >= 4 is 35.6 Å². The van der Waals surface area contributed by atoms with E-state index in [2.05, 4.69) is 31.2 Å². The molecule has 41 heavy (non-hydrogen) atoms. The zero-order valence-corrected chi connectivity index (χ0v) is 24.5. The number of rotatable bonds is 10. The number of hydrogen-bond donors (Lipinski definition) is 2. The van der Waals surface area contributed by atoms with Crippen molar-refractivity contribution in [3.05, 3.63) is 43.4 Å². The van der Waals surface area contributed by atoms with Crippen molar-refractivity contribution in [2.45, 2.75) is 38.1 Å². The Morgan fingerprint density at radius 1 is 1.17 bits per heavy atom. The number of aromatic amines is 1. The maximum absolute atomic E-state index is 13.0. The number of nitrogens with zero attached hydrogens (tertiary/aromatic N) is 5. The number of carbonyl (C=O) groups is 2. The van der Waals surface area contributed by atoms with Crippen LogP contribution in [0.4, 0.5) is 25.2 Å². The fourth-order valence-corrected chi connectivity index (χ4v) is 4.01. The van der Waals surface area contributed by atoms with Gasteiger partial charge < -0.3 is 19.3 Å². The molecule has 2 aromatic rings. The number of esters is 1. The fourth-order valence-electron chi connectivity index (χ4n) is 3.66. The number of amides is 1. The van der Waals surface area contributed by atoms with Crippen LogP contribution in [-0.2, 0) is 32.2 Å². The molecule has 2 aromatic heterocycles. The summed E-state index contributed by atoms with van der Waals surface area (Å²) in [4.78, 5) is 53.7. The number of carbonyl (C=O) groups excluding carboxylic acids is 2. The van der Waals surface area contributed by atoms with Crippen LogP contribution in [-0.4, -0.2) is 88.3 Å². The molecule has 0 unspecified atom stereocenters. The summed E-state index contributed by atoms with van der Waals surface area (Å²) >= 11 is 3.07. The molecule has 1 saturated heterocycles. The Kier molecular flexibility index (Phi) is 10.5. The van der Waals surface area contributed by atoms with Gasteiger partial charge in [-0.25, -0.2) is 14.3 Å². The van der Waals surface area contributed by atoms with E-state index >= 15 is 0 Å². The number of hydrogen-bond acceptors (Lipinski definition) is 8. The van der Waals surface area contributed by atoms with Crippen molar-refractivity contribution in [3.8, 4) is 0 Å². The van der Waals surface area contributed by atoms with Crippen molar-refractivity contribution in [3.63, 3.8) is 0 Å². The zero-order chi connectivity index (χ0) is 31.2. The van der Waals surface area contributed by atoms with Crippen molar-refractivity contribution in [2.24, 2.45) is 0 Å². The van der Waals surface area contributed by atoms with Gasteiger partial charge in [-0.3, -0.25) is 19.1 Å². The van der Waals surface area contributed by atoms with Gasteiger partial charge in [0.1, 0.15) is 18.3 Å². The summed E-state index contributed by atoms with van der Waals surface area (Å²) in [5.74, 6) is -0.836. The molecule has 1 amide bonds. The third-order valence-electron chi connectivity index (χ3n) is 5.53. The zero-order valence-electron chi connectivity index (χ0n) is 22.0. The van der Waals surface area contributed by atoms with E-state index in [4.69, 9.17) is 9.47 Å². The summed E-state index contributed by atoms with van der Waals surface area (Å²) in [5.41, 5.74) is -0.498. The van der Waals surface area contributed by atoms with Gasteiger partial charge in [0.2, 0.25) is 5.91 Å². The average Bonchev–Trinajstić information content (AvgIpc) is 3.48. The van der Waals surface area contributed by atoms with Crippen LogP contribution in [0.15, 0.2) is 26.5 Å².